The Hall–Kier alpha value is -0.0200. The van der Waals surface area contributed by atoms with Gasteiger partial charge in [-0.15, -0.1) is 0 Å². The topological polar surface area (TPSA) is 6.25 Å². The number of nitrogens with zero attached hydrogens (tertiary/aromatic N) is 2. The predicted molar refractivity (Wildman–Crippen MR) is 91.3 cm³/mol. The molecule has 0 spiro atoms. The molecule has 0 aromatic heterocycles. The van der Waals surface area contributed by atoms with Gasteiger partial charge in [0.05, 0.1) is 0 Å². The van der Waals surface area contributed by atoms with E-state index >= 15 is 0 Å². The van der Waals surface area contributed by atoms with Gasteiger partial charge in [0.15, 0.2) is 6.54 Å². The Bertz CT molecular complexity index is 306. The molecule has 0 N–H and O–H groups in total. The van der Waals surface area contributed by atoms with E-state index in [0.717, 1.165) is 30.2 Å². The third-order valence-electron chi connectivity index (χ3n) is 5.44. The van der Waals surface area contributed by atoms with E-state index in [4.69, 9.17) is 0 Å². The second-order valence-corrected chi connectivity index (χ2v) is 7.50. The summed E-state index contributed by atoms with van der Waals surface area (Å²) >= 11 is 4.32. The van der Waals surface area contributed by atoms with E-state index in [9.17, 15) is 0 Å². The molecule has 0 bridgehead atoms. The summed E-state index contributed by atoms with van der Waals surface area (Å²) in [4.78, 5) is 2.42. The van der Waals surface area contributed by atoms with Gasteiger partial charge in [-0.3, -0.25) is 0 Å². The van der Waals surface area contributed by atoms with Crippen LogP contribution in [0.1, 0.15) is 51.4 Å². The average molecular weight is 298 g/mol. The molecule has 1 heterocycles. The number of hydrogen-bond acceptors (Lipinski definition) is 2. The van der Waals surface area contributed by atoms with Crippen molar-refractivity contribution in [3.63, 3.8) is 0 Å². The maximum absolute atomic E-state index is 4.32. The Balaban J connectivity index is 1.62. The number of thiol groups is 1. The van der Waals surface area contributed by atoms with Gasteiger partial charge in [-0.2, -0.15) is 12.6 Å². The molecule has 0 aromatic carbocycles. The fourth-order valence-electron chi connectivity index (χ4n) is 3.87. The first-order valence-corrected chi connectivity index (χ1v) is 9.17. The molecule has 2 aliphatic rings. The zero-order valence-corrected chi connectivity index (χ0v) is 14.3. The lowest BCUT2D eigenvalue weighted by atomic mass is 9.80. The van der Waals surface area contributed by atoms with Crippen molar-refractivity contribution in [2.75, 3.05) is 32.9 Å². The Morgan fingerprint density at radius 1 is 1.05 bits per heavy atom. The molecule has 1 unspecified atom stereocenters. The summed E-state index contributed by atoms with van der Waals surface area (Å²) in [5.74, 6) is 2.95. The van der Waals surface area contributed by atoms with Crippen LogP contribution < -0.4 is 0 Å². The summed E-state index contributed by atoms with van der Waals surface area (Å²) in [6, 6.07) is 0.851. The zero-order chi connectivity index (χ0) is 14.4. The van der Waals surface area contributed by atoms with Crippen LogP contribution in [-0.2, 0) is 0 Å². The highest BCUT2D eigenvalue weighted by Crippen LogP contribution is 2.31. The van der Waals surface area contributed by atoms with E-state index in [-0.39, 0.29) is 0 Å². The third-order valence-corrected chi connectivity index (χ3v) is 5.64. The SMILES string of the molecule is CN(C)C1CCC(CCC2CC=[N+](CCS)CC2)CC1. The van der Waals surface area contributed by atoms with Crippen molar-refractivity contribution in [2.45, 2.75) is 57.4 Å². The lowest BCUT2D eigenvalue weighted by molar-refractivity contribution is -0.525. The lowest BCUT2D eigenvalue weighted by Gasteiger charge is -2.33. The van der Waals surface area contributed by atoms with Crippen molar-refractivity contribution in [2.24, 2.45) is 11.8 Å². The Labute approximate surface area is 131 Å². The van der Waals surface area contributed by atoms with Crippen LogP contribution in [0.25, 0.3) is 0 Å². The maximum Gasteiger partial charge on any atom is 0.151 e. The molecule has 1 saturated carbocycles. The quantitative estimate of drug-likeness (QED) is 0.583. The van der Waals surface area contributed by atoms with E-state index in [2.05, 4.69) is 42.4 Å². The largest absolute Gasteiger partial charge is 0.306 e. The first kappa shape index (κ1) is 16.4. The van der Waals surface area contributed by atoms with Gasteiger partial charge < -0.3 is 4.90 Å². The third kappa shape index (κ3) is 5.07. The molecule has 1 atom stereocenters. The molecule has 1 aliphatic heterocycles. The van der Waals surface area contributed by atoms with Gasteiger partial charge >= 0.3 is 0 Å². The number of rotatable bonds is 6. The molecule has 3 heteroatoms. The van der Waals surface area contributed by atoms with Crippen molar-refractivity contribution in [3.05, 3.63) is 0 Å². The summed E-state index contributed by atoms with van der Waals surface area (Å²) < 4.78 is 2.46. The molecular weight excluding hydrogens is 264 g/mol. The van der Waals surface area contributed by atoms with Crippen molar-refractivity contribution in [3.8, 4) is 0 Å². The first-order chi connectivity index (χ1) is 9.69. The van der Waals surface area contributed by atoms with Crippen LogP contribution in [-0.4, -0.2) is 54.7 Å². The fourth-order valence-corrected chi connectivity index (χ4v) is 4.13. The van der Waals surface area contributed by atoms with Gasteiger partial charge in [0, 0.05) is 24.6 Å². The van der Waals surface area contributed by atoms with Gasteiger partial charge in [0.25, 0.3) is 0 Å². The maximum atomic E-state index is 4.32. The standard InChI is InChI=1S/C17H32N2S/c1-18(2)17-7-5-15(6-8-17)3-4-16-9-11-19(12-10-16)13-14-20/h11,15-17H,3-10,12-14H2,1-2H3/p+1. The molecule has 1 fully saturated rings. The molecular formula is C17H33N2S+. The molecule has 116 valence electrons. The van der Waals surface area contributed by atoms with Crippen molar-refractivity contribution < 1.29 is 4.58 Å². The first-order valence-electron chi connectivity index (χ1n) is 8.53. The van der Waals surface area contributed by atoms with Crippen LogP contribution in [0.3, 0.4) is 0 Å². The van der Waals surface area contributed by atoms with Gasteiger partial charge in [-0.1, -0.05) is 6.42 Å². The molecule has 0 aromatic rings. The van der Waals surface area contributed by atoms with E-state index < -0.39 is 0 Å². The predicted octanol–water partition coefficient (Wildman–Crippen LogP) is 3.31. The monoisotopic (exact) mass is 297 g/mol. The van der Waals surface area contributed by atoms with Crippen LogP contribution in [0.2, 0.25) is 0 Å². The second kappa shape index (κ2) is 8.43. The smallest absolute Gasteiger partial charge is 0.151 e. The Morgan fingerprint density at radius 3 is 2.30 bits per heavy atom. The number of hydrogen-bond donors (Lipinski definition) is 1. The highest BCUT2D eigenvalue weighted by atomic mass is 32.1. The second-order valence-electron chi connectivity index (χ2n) is 7.05. The average Bonchev–Trinajstić information content (AvgIpc) is 2.47. The molecule has 0 amide bonds. The minimum Gasteiger partial charge on any atom is -0.306 e. The van der Waals surface area contributed by atoms with Crippen LogP contribution in [0, 0.1) is 11.8 Å². The lowest BCUT2D eigenvalue weighted by Crippen LogP contribution is -2.32. The van der Waals surface area contributed by atoms with Gasteiger partial charge in [0.1, 0.15) is 12.8 Å². The Kier molecular flexibility index (Phi) is 6.89. The van der Waals surface area contributed by atoms with Crippen LogP contribution >= 0.6 is 12.6 Å². The van der Waals surface area contributed by atoms with Crippen molar-refractivity contribution in [1.29, 1.82) is 0 Å². The summed E-state index contributed by atoms with van der Waals surface area (Å²) in [5.41, 5.74) is 0. The van der Waals surface area contributed by atoms with E-state index in [1.165, 1.54) is 57.9 Å². The summed E-state index contributed by atoms with van der Waals surface area (Å²) in [5, 5.41) is 0. The molecule has 2 rings (SSSR count). The molecule has 0 radical (unpaired) electrons. The van der Waals surface area contributed by atoms with Crippen LogP contribution in [0.5, 0.6) is 0 Å². The minimum absolute atomic E-state index is 0.851. The minimum atomic E-state index is 0.851. The molecule has 2 nitrogen and oxygen atoms in total. The van der Waals surface area contributed by atoms with Gasteiger partial charge in [-0.25, -0.2) is 4.58 Å². The van der Waals surface area contributed by atoms with E-state index in [0.29, 0.717) is 0 Å². The van der Waals surface area contributed by atoms with E-state index in [1.807, 2.05) is 0 Å². The highest BCUT2D eigenvalue weighted by molar-refractivity contribution is 7.80. The molecule has 1 aliphatic carbocycles. The summed E-state index contributed by atoms with van der Waals surface area (Å²) in [6.45, 7) is 2.39. The van der Waals surface area contributed by atoms with Crippen molar-refractivity contribution >= 4 is 18.8 Å². The van der Waals surface area contributed by atoms with Gasteiger partial charge in [-0.05, 0) is 58.0 Å². The van der Waals surface area contributed by atoms with Gasteiger partial charge in [0.2, 0.25) is 0 Å². The van der Waals surface area contributed by atoms with Crippen molar-refractivity contribution in [1.82, 2.24) is 4.90 Å². The molecule has 20 heavy (non-hydrogen) atoms. The normalized spacial score (nSPS) is 31.4. The van der Waals surface area contributed by atoms with Crippen LogP contribution in [0.15, 0.2) is 0 Å². The highest BCUT2D eigenvalue weighted by Gasteiger charge is 2.24. The van der Waals surface area contributed by atoms with E-state index in [1.54, 1.807) is 0 Å². The van der Waals surface area contributed by atoms with Crippen LogP contribution in [0.4, 0.5) is 0 Å². The zero-order valence-electron chi connectivity index (χ0n) is 13.4. The summed E-state index contributed by atoms with van der Waals surface area (Å²) in [7, 11) is 4.47. The molecule has 0 saturated heterocycles. The summed E-state index contributed by atoms with van der Waals surface area (Å²) in [6.07, 6.45) is 13.9. The fraction of sp³-hybridized carbons (Fsp3) is 0.941. The Morgan fingerprint density at radius 2 is 1.75 bits per heavy atom.